The van der Waals surface area contributed by atoms with E-state index < -0.39 is 29.9 Å². The Morgan fingerprint density at radius 1 is 1.16 bits per heavy atom. The zero-order valence-electron chi connectivity index (χ0n) is 16.5. The van der Waals surface area contributed by atoms with E-state index in [9.17, 15) is 22.8 Å². The van der Waals surface area contributed by atoms with Gasteiger partial charge in [0, 0.05) is 18.8 Å². The molecule has 0 bridgehead atoms. The van der Waals surface area contributed by atoms with Crippen LogP contribution in [0, 0.1) is 0 Å². The van der Waals surface area contributed by atoms with Gasteiger partial charge >= 0.3 is 11.9 Å². The number of fused-ring (bicyclic) bond motifs is 3. The third-order valence-corrected chi connectivity index (χ3v) is 6.23. The van der Waals surface area contributed by atoms with Crippen LogP contribution in [0.4, 0.5) is 24.0 Å². The molecule has 0 atom stereocenters. The number of alkyl halides is 3. The first-order valence-electron chi connectivity index (χ1n) is 9.76. The maximum Gasteiger partial charge on any atom is 0.416 e. The van der Waals surface area contributed by atoms with Crippen LogP contribution < -0.4 is 15.9 Å². The van der Waals surface area contributed by atoms with Crippen LogP contribution in [0.5, 0.6) is 0 Å². The lowest BCUT2D eigenvalue weighted by Crippen LogP contribution is -2.28. The molecule has 32 heavy (non-hydrogen) atoms. The predicted molar refractivity (Wildman–Crippen MR) is 112 cm³/mol. The maximum atomic E-state index is 12.7. The number of rotatable bonds is 4. The van der Waals surface area contributed by atoms with Crippen LogP contribution in [0.3, 0.4) is 0 Å². The standard InChI is InChI=1S/C19H16F3N7O2S/c20-19(21,22)11-3-5-12(6-4-11)24-13(30)9-29-18(31)28-10-23-15-14(16(28)26-29)32-17(25-15)27-7-1-2-8-27/h3-6,10H,1-2,7-9H2,(H,24,30). The van der Waals surface area contributed by atoms with Gasteiger partial charge in [-0.05, 0) is 37.1 Å². The molecule has 0 radical (unpaired) electrons. The molecule has 9 nitrogen and oxygen atoms in total. The van der Waals surface area contributed by atoms with E-state index in [1.165, 1.54) is 22.1 Å². The average Bonchev–Trinajstić information content (AvgIpc) is 3.47. The SMILES string of the molecule is O=C(Cn1nc2c3sc(N4CCCC4)nc3ncn2c1=O)Nc1ccc(C(F)(F)F)cc1. The van der Waals surface area contributed by atoms with Crippen molar-refractivity contribution in [3.63, 3.8) is 0 Å². The number of carbonyl (C=O) groups is 1. The van der Waals surface area contributed by atoms with Crippen molar-refractivity contribution < 1.29 is 18.0 Å². The summed E-state index contributed by atoms with van der Waals surface area (Å²) in [4.78, 5) is 36.0. The van der Waals surface area contributed by atoms with Gasteiger partial charge in [0.1, 0.15) is 17.6 Å². The Kier molecular flexibility index (Phi) is 4.84. The van der Waals surface area contributed by atoms with Crippen LogP contribution >= 0.6 is 11.3 Å². The number of thiazole rings is 1. The molecule has 1 aliphatic heterocycles. The molecule has 5 rings (SSSR count). The summed E-state index contributed by atoms with van der Waals surface area (Å²) >= 11 is 1.40. The van der Waals surface area contributed by atoms with E-state index in [0.717, 1.165) is 60.0 Å². The van der Waals surface area contributed by atoms with Crippen molar-refractivity contribution in [3.8, 4) is 0 Å². The minimum absolute atomic E-state index is 0.182. The summed E-state index contributed by atoms with van der Waals surface area (Å²) < 4.78 is 40.9. The van der Waals surface area contributed by atoms with E-state index in [2.05, 4.69) is 25.3 Å². The Morgan fingerprint density at radius 3 is 2.56 bits per heavy atom. The van der Waals surface area contributed by atoms with E-state index in [4.69, 9.17) is 0 Å². The van der Waals surface area contributed by atoms with Crippen LogP contribution in [0.1, 0.15) is 18.4 Å². The molecule has 1 N–H and O–H groups in total. The first kappa shape index (κ1) is 20.4. The number of carbonyl (C=O) groups excluding carboxylic acids is 1. The molecule has 0 aliphatic carbocycles. The van der Waals surface area contributed by atoms with Gasteiger partial charge in [-0.1, -0.05) is 11.3 Å². The summed E-state index contributed by atoms with van der Waals surface area (Å²) in [7, 11) is 0. The fourth-order valence-corrected chi connectivity index (χ4v) is 4.60. The molecule has 13 heteroatoms. The first-order chi connectivity index (χ1) is 15.3. The van der Waals surface area contributed by atoms with Crippen molar-refractivity contribution in [2.45, 2.75) is 25.6 Å². The Balaban J connectivity index is 1.39. The van der Waals surface area contributed by atoms with Crippen molar-refractivity contribution in [2.75, 3.05) is 23.3 Å². The molecule has 3 aromatic heterocycles. The fourth-order valence-electron chi connectivity index (χ4n) is 3.55. The van der Waals surface area contributed by atoms with Gasteiger partial charge in [-0.25, -0.2) is 18.9 Å². The molecule has 0 saturated carbocycles. The number of halogens is 3. The van der Waals surface area contributed by atoms with Crippen LogP contribution in [0.2, 0.25) is 0 Å². The van der Waals surface area contributed by atoms with Crippen molar-refractivity contribution in [1.82, 2.24) is 24.1 Å². The molecule has 0 unspecified atom stereocenters. The quantitative estimate of drug-likeness (QED) is 0.500. The number of nitrogens with zero attached hydrogens (tertiary/aromatic N) is 6. The van der Waals surface area contributed by atoms with Gasteiger partial charge in [0.15, 0.2) is 16.4 Å². The average molecular weight is 463 g/mol. The van der Waals surface area contributed by atoms with Crippen LogP contribution in [-0.2, 0) is 17.5 Å². The number of hydrogen-bond acceptors (Lipinski definition) is 7. The third-order valence-electron chi connectivity index (χ3n) is 5.13. The molecule has 1 saturated heterocycles. The highest BCUT2D eigenvalue weighted by molar-refractivity contribution is 7.22. The number of aromatic nitrogens is 5. The number of hydrogen-bond donors (Lipinski definition) is 1. The smallest absolute Gasteiger partial charge is 0.348 e. The van der Waals surface area contributed by atoms with Gasteiger partial charge < -0.3 is 10.2 Å². The first-order valence-corrected chi connectivity index (χ1v) is 10.6. The van der Waals surface area contributed by atoms with Crippen molar-refractivity contribution in [2.24, 2.45) is 0 Å². The molecule has 166 valence electrons. The molecule has 4 aromatic rings. The monoisotopic (exact) mass is 463 g/mol. The van der Waals surface area contributed by atoms with Gasteiger partial charge in [-0.3, -0.25) is 4.79 Å². The maximum absolute atomic E-state index is 12.7. The summed E-state index contributed by atoms with van der Waals surface area (Å²) in [6, 6.07) is 4.05. The molecular formula is C19H16F3N7O2S. The highest BCUT2D eigenvalue weighted by atomic mass is 32.1. The second-order valence-electron chi connectivity index (χ2n) is 7.35. The molecule has 1 amide bonds. The molecule has 0 spiro atoms. The predicted octanol–water partition coefficient (Wildman–Crippen LogP) is 2.76. The lowest BCUT2D eigenvalue weighted by atomic mass is 10.2. The van der Waals surface area contributed by atoms with Crippen molar-refractivity contribution in [1.29, 1.82) is 0 Å². The van der Waals surface area contributed by atoms with Gasteiger partial charge in [0.05, 0.1) is 5.56 Å². The zero-order chi connectivity index (χ0) is 22.5. The van der Waals surface area contributed by atoms with Crippen molar-refractivity contribution in [3.05, 3.63) is 46.6 Å². The molecule has 1 aliphatic rings. The minimum atomic E-state index is -4.46. The molecule has 1 aromatic carbocycles. The topological polar surface area (TPSA) is 97.4 Å². The number of anilines is 2. The largest absolute Gasteiger partial charge is 0.416 e. The Labute approximate surface area is 182 Å². The van der Waals surface area contributed by atoms with E-state index >= 15 is 0 Å². The minimum Gasteiger partial charge on any atom is -0.348 e. The van der Waals surface area contributed by atoms with E-state index in [-0.39, 0.29) is 5.69 Å². The van der Waals surface area contributed by atoms with Gasteiger partial charge in [-0.2, -0.15) is 18.2 Å². The van der Waals surface area contributed by atoms with E-state index in [1.807, 2.05) is 0 Å². The summed E-state index contributed by atoms with van der Waals surface area (Å²) in [5.41, 5.74) is -0.350. The number of benzene rings is 1. The van der Waals surface area contributed by atoms with Crippen LogP contribution in [0.25, 0.3) is 16.0 Å². The Bertz CT molecular complexity index is 1370. The normalized spacial score (nSPS) is 14.5. The Hall–Kier alpha value is -3.48. The number of nitrogens with one attached hydrogen (secondary N) is 1. The highest BCUT2D eigenvalue weighted by Crippen LogP contribution is 2.32. The summed E-state index contributed by atoms with van der Waals surface area (Å²) in [5.74, 6) is -0.596. The van der Waals surface area contributed by atoms with Gasteiger partial charge in [0.25, 0.3) is 0 Å². The second-order valence-corrected chi connectivity index (χ2v) is 8.32. The summed E-state index contributed by atoms with van der Waals surface area (Å²) in [6.45, 7) is 1.43. The Morgan fingerprint density at radius 2 is 1.88 bits per heavy atom. The van der Waals surface area contributed by atoms with E-state index in [0.29, 0.717) is 16.0 Å². The number of amides is 1. The lowest BCUT2D eigenvalue weighted by Gasteiger charge is -2.11. The van der Waals surface area contributed by atoms with E-state index in [1.54, 1.807) is 0 Å². The van der Waals surface area contributed by atoms with Gasteiger partial charge in [0.2, 0.25) is 5.91 Å². The lowest BCUT2D eigenvalue weighted by molar-refractivity contribution is -0.137. The van der Waals surface area contributed by atoms with Crippen molar-refractivity contribution >= 4 is 44.1 Å². The summed E-state index contributed by atoms with van der Waals surface area (Å²) in [6.07, 6.45) is -0.941. The van der Waals surface area contributed by atoms with Crippen LogP contribution in [-0.4, -0.2) is 43.1 Å². The fraction of sp³-hybridized carbons (Fsp3) is 0.316. The third kappa shape index (κ3) is 3.68. The van der Waals surface area contributed by atoms with Gasteiger partial charge in [-0.15, -0.1) is 5.10 Å². The molecular weight excluding hydrogens is 447 g/mol. The van der Waals surface area contributed by atoms with Crippen LogP contribution in [0.15, 0.2) is 35.4 Å². The summed E-state index contributed by atoms with van der Waals surface area (Å²) in [5, 5.41) is 7.57. The second kappa shape index (κ2) is 7.58. The molecule has 1 fully saturated rings. The molecule has 4 heterocycles. The zero-order valence-corrected chi connectivity index (χ0v) is 17.3. The highest BCUT2D eigenvalue weighted by Gasteiger charge is 2.30.